The number of fused-ring (bicyclic) bond motifs is 1. The highest BCUT2D eigenvalue weighted by molar-refractivity contribution is 7.80. The van der Waals surface area contributed by atoms with Crippen LogP contribution in [0, 0.1) is 0 Å². The third-order valence-corrected chi connectivity index (χ3v) is 3.70. The number of nitrogens with two attached hydrogens (primary N) is 1. The Bertz CT molecular complexity index is 796. The Morgan fingerprint density at radius 1 is 1.00 bits per heavy atom. The summed E-state index contributed by atoms with van der Waals surface area (Å²) in [5.41, 5.74) is 8.52. The van der Waals surface area contributed by atoms with Gasteiger partial charge < -0.3 is 10.6 Å². The lowest BCUT2D eigenvalue weighted by Gasteiger charge is -2.19. The van der Waals surface area contributed by atoms with Crippen LogP contribution in [0.3, 0.4) is 0 Å². The summed E-state index contributed by atoms with van der Waals surface area (Å²) in [6, 6.07) is 20.0. The molecule has 2 aromatic carbocycles. The second-order valence-corrected chi connectivity index (χ2v) is 5.27. The van der Waals surface area contributed by atoms with E-state index in [-0.39, 0.29) is 0 Å². The zero-order valence-electron chi connectivity index (χ0n) is 11.7. The molecule has 3 nitrogen and oxygen atoms in total. The molecule has 1 aromatic heterocycles. The maximum absolute atomic E-state index is 5.62. The van der Waals surface area contributed by atoms with Gasteiger partial charge in [-0.3, -0.25) is 0 Å². The first-order valence-corrected chi connectivity index (χ1v) is 7.05. The van der Waals surface area contributed by atoms with Crippen LogP contribution >= 0.6 is 12.2 Å². The lowest BCUT2D eigenvalue weighted by atomic mass is 10.2. The second kappa shape index (κ2) is 5.50. The van der Waals surface area contributed by atoms with Gasteiger partial charge in [0.05, 0.1) is 5.52 Å². The minimum Gasteiger partial charge on any atom is -0.389 e. The fraction of sp³-hybridized carbons (Fsp3) is 0.0588. The zero-order chi connectivity index (χ0) is 14.8. The lowest BCUT2D eigenvalue weighted by Crippen LogP contribution is -2.12. The maximum Gasteiger partial charge on any atom is 0.133 e. The third kappa shape index (κ3) is 2.71. The van der Waals surface area contributed by atoms with Crippen molar-refractivity contribution in [3.8, 4) is 0 Å². The van der Waals surface area contributed by atoms with E-state index in [0.717, 1.165) is 28.0 Å². The van der Waals surface area contributed by atoms with Crippen LogP contribution in [0.1, 0.15) is 5.56 Å². The van der Waals surface area contributed by atoms with Crippen LogP contribution in [0.25, 0.3) is 10.9 Å². The Hall–Kier alpha value is -2.46. The number of pyridine rings is 1. The van der Waals surface area contributed by atoms with Crippen molar-refractivity contribution >= 4 is 39.6 Å². The maximum atomic E-state index is 5.62. The van der Waals surface area contributed by atoms with E-state index in [4.69, 9.17) is 18.0 Å². The number of rotatable bonds is 3. The first kappa shape index (κ1) is 13.5. The van der Waals surface area contributed by atoms with Gasteiger partial charge in [0.2, 0.25) is 0 Å². The fourth-order valence-electron chi connectivity index (χ4n) is 2.22. The molecule has 0 saturated carbocycles. The van der Waals surface area contributed by atoms with Crippen molar-refractivity contribution in [3.05, 3.63) is 66.2 Å². The highest BCUT2D eigenvalue weighted by atomic mass is 32.1. The Balaban J connectivity index is 1.95. The van der Waals surface area contributed by atoms with E-state index >= 15 is 0 Å². The minimum absolute atomic E-state index is 0.410. The molecule has 0 unspecified atom stereocenters. The molecular formula is C17H15N3S. The first-order chi connectivity index (χ1) is 10.1. The molecule has 0 spiro atoms. The van der Waals surface area contributed by atoms with E-state index in [1.807, 2.05) is 60.5 Å². The van der Waals surface area contributed by atoms with Crippen LogP contribution in [0.2, 0.25) is 0 Å². The highest BCUT2D eigenvalue weighted by Gasteiger charge is 2.06. The molecule has 2 N–H and O–H groups in total. The van der Waals surface area contributed by atoms with Crippen molar-refractivity contribution in [2.24, 2.45) is 5.73 Å². The average molecular weight is 293 g/mol. The Morgan fingerprint density at radius 3 is 2.43 bits per heavy atom. The zero-order valence-corrected chi connectivity index (χ0v) is 12.5. The van der Waals surface area contributed by atoms with Gasteiger partial charge in [0.25, 0.3) is 0 Å². The molecule has 0 aliphatic heterocycles. The van der Waals surface area contributed by atoms with Crippen LogP contribution in [-0.2, 0) is 0 Å². The van der Waals surface area contributed by atoms with Crippen molar-refractivity contribution in [1.82, 2.24) is 4.98 Å². The van der Waals surface area contributed by atoms with Gasteiger partial charge in [0, 0.05) is 23.7 Å². The normalized spacial score (nSPS) is 10.5. The van der Waals surface area contributed by atoms with E-state index in [1.54, 1.807) is 0 Å². The van der Waals surface area contributed by atoms with Crippen LogP contribution in [0.4, 0.5) is 11.5 Å². The summed E-state index contributed by atoms with van der Waals surface area (Å²) in [7, 11) is 1.99. The summed E-state index contributed by atoms with van der Waals surface area (Å²) < 4.78 is 0. The van der Waals surface area contributed by atoms with Crippen LogP contribution in [-0.4, -0.2) is 17.0 Å². The van der Waals surface area contributed by atoms with Gasteiger partial charge in [-0.15, -0.1) is 0 Å². The smallest absolute Gasteiger partial charge is 0.133 e. The van der Waals surface area contributed by atoms with Crippen LogP contribution in [0.5, 0.6) is 0 Å². The molecule has 0 bridgehead atoms. The quantitative estimate of drug-likeness (QED) is 0.749. The first-order valence-electron chi connectivity index (χ1n) is 6.64. The van der Waals surface area contributed by atoms with E-state index < -0.39 is 0 Å². The Kier molecular flexibility index (Phi) is 3.54. The molecule has 1 heterocycles. The number of benzene rings is 2. The third-order valence-electron chi connectivity index (χ3n) is 3.47. The summed E-state index contributed by atoms with van der Waals surface area (Å²) in [5.74, 6) is 0.900. The molecule has 4 heteroatoms. The van der Waals surface area contributed by atoms with Crippen molar-refractivity contribution in [1.29, 1.82) is 0 Å². The molecule has 0 amide bonds. The molecule has 21 heavy (non-hydrogen) atoms. The second-order valence-electron chi connectivity index (χ2n) is 4.83. The number of anilines is 2. The minimum atomic E-state index is 0.410. The van der Waals surface area contributed by atoms with E-state index in [2.05, 4.69) is 17.1 Å². The number of hydrogen-bond donors (Lipinski definition) is 1. The molecule has 0 radical (unpaired) electrons. The van der Waals surface area contributed by atoms with Gasteiger partial charge in [-0.2, -0.15) is 0 Å². The standard InChI is InChI=1S/C17H15N3S/c1-20(14-9-6-13(7-10-14)17(18)21)16-11-8-12-4-2-3-5-15(12)19-16/h2-11H,1H3,(H2,18,21). The topological polar surface area (TPSA) is 42.1 Å². The molecule has 3 aromatic rings. The summed E-state index contributed by atoms with van der Waals surface area (Å²) in [6.45, 7) is 0. The van der Waals surface area contributed by atoms with Crippen molar-refractivity contribution < 1.29 is 0 Å². The van der Waals surface area contributed by atoms with Crippen molar-refractivity contribution in [2.75, 3.05) is 11.9 Å². The number of thiocarbonyl (C=S) groups is 1. The predicted molar refractivity (Wildman–Crippen MR) is 92.1 cm³/mol. The highest BCUT2D eigenvalue weighted by Crippen LogP contribution is 2.24. The molecule has 3 rings (SSSR count). The molecule has 0 aliphatic rings. The van der Waals surface area contributed by atoms with Crippen molar-refractivity contribution in [2.45, 2.75) is 0 Å². The molecular weight excluding hydrogens is 278 g/mol. The summed E-state index contributed by atoms with van der Waals surface area (Å²) in [6.07, 6.45) is 0. The summed E-state index contributed by atoms with van der Waals surface area (Å²) in [4.78, 5) is 7.13. The number of nitrogens with zero attached hydrogens (tertiary/aromatic N) is 2. The van der Waals surface area contributed by atoms with Gasteiger partial charge in [-0.25, -0.2) is 4.98 Å². The Labute approximate surface area is 129 Å². The van der Waals surface area contributed by atoms with E-state index in [9.17, 15) is 0 Å². The van der Waals surface area contributed by atoms with E-state index in [0.29, 0.717) is 4.99 Å². The summed E-state index contributed by atoms with van der Waals surface area (Å²) in [5, 5.41) is 1.14. The molecule has 0 aliphatic carbocycles. The van der Waals surface area contributed by atoms with Gasteiger partial charge in [0.1, 0.15) is 10.8 Å². The number of para-hydroxylation sites is 1. The summed E-state index contributed by atoms with van der Waals surface area (Å²) >= 11 is 4.97. The monoisotopic (exact) mass is 293 g/mol. The number of hydrogen-bond acceptors (Lipinski definition) is 3. The fourth-order valence-corrected chi connectivity index (χ4v) is 2.36. The van der Waals surface area contributed by atoms with Gasteiger partial charge >= 0.3 is 0 Å². The van der Waals surface area contributed by atoms with Gasteiger partial charge in [0.15, 0.2) is 0 Å². The number of aromatic nitrogens is 1. The van der Waals surface area contributed by atoms with Crippen molar-refractivity contribution in [3.63, 3.8) is 0 Å². The predicted octanol–water partition coefficient (Wildman–Crippen LogP) is 3.64. The van der Waals surface area contributed by atoms with Gasteiger partial charge in [-0.05, 0) is 42.5 Å². The Morgan fingerprint density at radius 2 is 1.71 bits per heavy atom. The molecule has 104 valence electrons. The van der Waals surface area contributed by atoms with Crippen LogP contribution < -0.4 is 10.6 Å². The van der Waals surface area contributed by atoms with E-state index in [1.165, 1.54) is 0 Å². The molecule has 0 atom stereocenters. The lowest BCUT2D eigenvalue weighted by molar-refractivity contribution is 1.15. The largest absolute Gasteiger partial charge is 0.389 e. The van der Waals surface area contributed by atoms with Crippen LogP contribution in [0.15, 0.2) is 60.7 Å². The molecule has 0 fully saturated rings. The average Bonchev–Trinajstić information content (AvgIpc) is 2.54. The molecule has 0 saturated heterocycles. The SMILES string of the molecule is CN(c1ccc(C(N)=S)cc1)c1ccc2ccccc2n1. The van der Waals surface area contributed by atoms with Gasteiger partial charge in [-0.1, -0.05) is 30.4 Å².